The van der Waals surface area contributed by atoms with E-state index in [4.69, 9.17) is 4.74 Å². The Bertz CT molecular complexity index is 1140. The lowest BCUT2D eigenvalue weighted by Gasteiger charge is -2.32. The lowest BCUT2D eigenvalue weighted by Crippen LogP contribution is -2.46. The van der Waals surface area contributed by atoms with Crippen molar-refractivity contribution in [3.63, 3.8) is 0 Å². The number of hydrogen-bond donors (Lipinski definition) is 3. The van der Waals surface area contributed by atoms with Crippen LogP contribution >= 0.6 is 0 Å². The topological polar surface area (TPSA) is 125 Å². The highest BCUT2D eigenvalue weighted by atomic mass is 16.5. The summed E-state index contributed by atoms with van der Waals surface area (Å²) in [5, 5.41) is 18.8. The van der Waals surface area contributed by atoms with Gasteiger partial charge < -0.3 is 20.1 Å². The Labute approximate surface area is 190 Å². The maximum atomic E-state index is 12.5. The number of carboxylic acid groups (broad SMARTS) is 1. The Balaban J connectivity index is 1.25. The molecule has 0 saturated carbocycles. The van der Waals surface area contributed by atoms with Crippen LogP contribution in [0, 0.1) is 0 Å². The summed E-state index contributed by atoms with van der Waals surface area (Å²) in [5.74, 6) is -1.30. The number of para-hydroxylation sites is 1. The Morgan fingerprint density at radius 1 is 1.06 bits per heavy atom. The highest BCUT2D eigenvalue weighted by molar-refractivity contribution is 5.95. The van der Waals surface area contributed by atoms with Crippen molar-refractivity contribution in [2.45, 2.75) is 18.9 Å². The van der Waals surface area contributed by atoms with Crippen molar-refractivity contribution in [2.75, 3.05) is 19.6 Å². The molecule has 0 spiro atoms. The first-order chi connectivity index (χ1) is 16.0. The SMILES string of the molecule is O=C(NCC(=O)N1CCC(Oc2ccccc2C(=O)O)CC1)c1cc(-c2ccccc2)n[nH]1. The second-order valence-corrected chi connectivity index (χ2v) is 7.71. The van der Waals surface area contributed by atoms with Gasteiger partial charge >= 0.3 is 5.97 Å². The van der Waals surface area contributed by atoms with Gasteiger partial charge in [-0.1, -0.05) is 42.5 Å². The number of amides is 2. The number of carbonyl (C=O) groups excluding carboxylic acids is 2. The fraction of sp³-hybridized carbons (Fsp3) is 0.250. The van der Waals surface area contributed by atoms with Crippen LogP contribution in [0.3, 0.4) is 0 Å². The van der Waals surface area contributed by atoms with Gasteiger partial charge in [-0.3, -0.25) is 14.7 Å². The lowest BCUT2D eigenvalue weighted by molar-refractivity contribution is -0.131. The number of hydrogen-bond acceptors (Lipinski definition) is 5. The van der Waals surface area contributed by atoms with Crippen molar-refractivity contribution in [1.29, 1.82) is 0 Å². The van der Waals surface area contributed by atoms with Gasteiger partial charge in [0, 0.05) is 31.5 Å². The zero-order valence-electron chi connectivity index (χ0n) is 17.9. The minimum Gasteiger partial charge on any atom is -0.489 e. The summed E-state index contributed by atoms with van der Waals surface area (Å²) < 4.78 is 5.87. The van der Waals surface area contributed by atoms with Gasteiger partial charge in [-0.15, -0.1) is 0 Å². The van der Waals surface area contributed by atoms with Crippen LogP contribution < -0.4 is 10.1 Å². The zero-order valence-corrected chi connectivity index (χ0v) is 17.9. The molecule has 0 unspecified atom stereocenters. The van der Waals surface area contributed by atoms with Crippen molar-refractivity contribution < 1.29 is 24.2 Å². The Hall–Kier alpha value is -4.14. The average Bonchev–Trinajstić information content (AvgIpc) is 3.34. The third-order valence-electron chi connectivity index (χ3n) is 5.50. The average molecular weight is 448 g/mol. The van der Waals surface area contributed by atoms with Gasteiger partial charge in [0.1, 0.15) is 23.1 Å². The molecule has 0 atom stereocenters. The summed E-state index contributed by atoms with van der Waals surface area (Å²) in [7, 11) is 0. The monoisotopic (exact) mass is 448 g/mol. The molecule has 4 rings (SSSR count). The molecule has 3 aromatic rings. The van der Waals surface area contributed by atoms with E-state index in [1.807, 2.05) is 30.3 Å². The van der Waals surface area contributed by atoms with E-state index in [1.165, 1.54) is 6.07 Å². The number of H-pyrrole nitrogens is 1. The fourth-order valence-electron chi connectivity index (χ4n) is 3.71. The molecule has 2 amide bonds. The highest BCUT2D eigenvalue weighted by Crippen LogP contribution is 2.23. The first-order valence-corrected chi connectivity index (χ1v) is 10.7. The number of likely N-dealkylation sites (tertiary alicyclic amines) is 1. The smallest absolute Gasteiger partial charge is 0.339 e. The van der Waals surface area contributed by atoms with Gasteiger partial charge in [-0.2, -0.15) is 5.10 Å². The first kappa shape index (κ1) is 22.1. The fourth-order valence-corrected chi connectivity index (χ4v) is 3.71. The third-order valence-corrected chi connectivity index (χ3v) is 5.50. The van der Waals surface area contributed by atoms with Crippen LogP contribution in [-0.4, -0.2) is 63.7 Å². The molecule has 1 fully saturated rings. The van der Waals surface area contributed by atoms with Crippen LogP contribution in [0.15, 0.2) is 60.7 Å². The number of piperidine rings is 1. The Morgan fingerprint density at radius 2 is 1.76 bits per heavy atom. The standard InChI is InChI=1S/C24H24N4O5/c29-22(15-25-23(30)20-14-19(26-27-20)16-6-2-1-3-7-16)28-12-10-17(11-13-28)33-21-9-5-4-8-18(21)24(31)32/h1-9,14,17H,10-13,15H2,(H,25,30)(H,26,27)(H,31,32). The number of aromatic carboxylic acids is 1. The number of ether oxygens (including phenoxy) is 1. The second-order valence-electron chi connectivity index (χ2n) is 7.71. The van der Waals surface area contributed by atoms with Crippen molar-refractivity contribution in [1.82, 2.24) is 20.4 Å². The van der Waals surface area contributed by atoms with Gasteiger partial charge in [0.25, 0.3) is 5.91 Å². The quantitative estimate of drug-likeness (QED) is 0.510. The van der Waals surface area contributed by atoms with E-state index in [1.54, 1.807) is 29.2 Å². The number of benzene rings is 2. The minimum absolute atomic E-state index is 0.118. The number of aromatic nitrogens is 2. The van der Waals surface area contributed by atoms with Crippen LogP contribution in [-0.2, 0) is 4.79 Å². The molecule has 1 aliphatic rings. The summed E-state index contributed by atoms with van der Waals surface area (Å²) in [6.07, 6.45) is 0.981. The lowest BCUT2D eigenvalue weighted by atomic mass is 10.1. The van der Waals surface area contributed by atoms with E-state index in [9.17, 15) is 19.5 Å². The van der Waals surface area contributed by atoms with Gasteiger partial charge in [0.2, 0.25) is 5.91 Å². The molecular weight excluding hydrogens is 424 g/mol. The predicted octanol–water partition coefficient (Wildman–Crippen LogP) is 2.57. The highest BCUT2D eigenvalue weighted by Gasteiger charge is 2.25. The normalized spacial score (nSPS) is 14.0. The molecule has 0 bridgehead atoms. The van der Waals surface area contributed by atoms with Gasteiger partial charge in [0.15, 0.2) is 0 Å². The molecule has 1 saturated heterocycles. The number of carboxylic acids is 1. The van der Waals surface area contributed by atoms with Crippen LogP contribution in [0.5, 0.6) is 5.75 Å². The number of nitrogens with zero attached hydrogens (tertiary/aromatic N) is 2. The van der Waals surface area contributed by atoms with Crippen LogP contribution in [0.2, 0.25) is 0 Å². The molecule has 33 heavy (non-hydrogen) atoms. The molecule has 170 valence electrons. The van der Waals surface area contributed by atoms with E-state index >= 15 is 0 Å². The van der Waals surface area contributed by atoms with Crippen molar-refractivity contribution >= 4 is 17.8 Å². The van der Waals surface area contributed by atoms with Crippen LogP contribution in [0.1, 0.15) is 33.7 Å². The molecular formula is C24H24N4O5. The second kappa shape index (κ2) is 9.99. The summed E-state index contributed by atoms with van der Waals surface area (Å²) in [6, 6.07) is 17.6. The van der Waals surface area contributed by atoms with Gasteiger partial charge in [-0.05, 0) is 18.2 Å². The van der Waals surface area contributed by atoms with E-state index in [0.29, 0.717) is 37.4 Å². The molecule has 2 aromatic carbocycles. The summed E-state index contributed by atoms with van der Waals surface area (Å²) in [6.45, 7) is 0.819. The zero-order chi connectivity index (χ0) is 23.2. The Kier molecular flexibility index (Phi) is 6.68. The Morgan fingerprint density at radius 3 is 2.48 bits per heavy atom. The van der Waals surface area contributed by atoms with E-state index < -0.39 is 11.9 Å². The van der Waals surface area contributed by atoms with Crippen LogP contribution in [0.25, 0.3) is 11.3 Å². The molecule has 2 heterocycles. The van der Waals surface area contributed by atoms with Gasteiger partial charge in [0.05, 0.1) is 12.2 Å². The number of aromatic amines is 1. The summed E-state index contributed by atoms with van der Waals surface area (Å²) in [5.41, 5.74) is 1.94. The molecule has 1 aromatic heterocycles. The molecule has 9 nitrogen and oxygen atoms in total. The molecule has 1 aliphatic heterocycles. The number of rotatable bonds is 7. The van der Waals surface area contributed by atoms with Gasteiger partial charge in [-0.25, -0.2) is 4.79 Å². The summed E-state index contributed by atoms with van der Waals surface area (Å²) in [4.78, 5) is 37.9. The van der Waals surface area contributed by atoms with Crippen LogP contribution in [0.4, 0.5) is 0 Å². The maximum absolute atomic E-state index is 12.5. The van der Waals surface area contributed by atoms with E-state index in [2.05, 4.69) is 15.5 Å². The molecule has 9 heteroatoms. The molecule has 3 N–H and O–H groups in total. The largest absolute Gasteiger partial charge is 0.489 e. The van der Waals surface area contributed by atoms with Crippen molar-refractivity contribution in [2.24, 2.45) is 0 Å². The van der Waals surface area contributed by atoms with E-state index in [-0.39, 0.29) is 29.8 Å². The summed E-state index contributed by atoms with van der Waals surface area (Å²) >= 11 is 0. The van der Waals surface area contributed by atoms with Crippen molar-refractivity contribution in [3.8, 4) is 17.0 Å². The minimum atomic E-state index is -1.04. The molecule has 0 radical (unpaired) electrons. The number of carbonyl (C=O) groups is 3. The third kappa shape index (κ3) is 5.38. The van der Waals surface area contributed by atoms with E-state index in [0.717, 1.165) is 5.56 Å². The first-order valence-electron chi connectivity index (χ1n) is 10.7. The van der Waals surface area contributed by atoms with Crippen molar-refractivity contribution in [3.05, 3.63) is 71.9 Å². The predicted molar refractivity (Wildman–Crippen MR) is 120 cm³/mol. The maximum Gasteiger partial charge on any atom is 0.339 e. The molecule has 0 aliphatic carbocycles. The number of nitrogens with one attached hydrogen (secondary N) is 2.